The summed E-state index contributed by atoms with van der Waals surface area (Å²) in [6, 6.07) is 6.85. The number of benzene rings is 1. The fraction of sp³-hybridized carbons (Fsp3) is 0.364. The van der Waals surface area contributed by atoms with Gasteiger partial charge in [-0.15, -0.1) is 0 Å². The van der Waals surface area contributed by atoms with Crippen LogP contribution in [0.2, 0.25) is 5.02 Å². The molecule has 0 bridgehead atoms. The monoisotopic (exact) mass is 243 g/mol. The number of methoxy groups -OCH3 is 2. The molecule has 1 N–H and O–H groups in total. The lowest BCUT2D eigenvalue weighted by Gasteiger charge is -2.31. The van der Waals surface area contributed by atoms with Crippen molar-refractivity contribution >= 4 is 17.5 Å². The SMILES string of the molecule is COC(NC(C)=O)(OC)c1ccc(Cl)cc1. The topological polar surface area (TPSA) is 47.6 Å². The summed E-state index contributed by atoms with van der Waals surface area (Å²) in [7, 11) is 2.90. The number of nitrogens with one attached hydrogen (secondary N) is 1. The van der Waals surface area contributed by atoms with Crippen LogP contribution in [0.1, 0.15) is 12.5 Å². The Morgan fingerprint density at radius 1 is 1.25 bits per heavy atom. The minimum atomic E-state index is -1.27. The van der Waals surface area contributed by atoms with Crippen LogP contribution in [0.25, 0.3) is 0 Å². The fourth-order valence-corrected chi connectivity index (χ4v) is 1.52. The van der Waals surface area contributed by atoms with Gasteiger partial charge in [-0.2, -0.15) is 0 Å². The van der Waals surface area contributed by atoms with Crippen molar-refractivity contribution in [1.82, 2.24) is 5.32 Å². The van der Waals surface area contributed by atoms with Gasteiger partial charge in [0, 0.05) is 31.7 Å². The van der Waals surface area contributed by atoms with Crippen LogP contribution in [0, 0.1) is 0 Å². The van der Waals surface area contributed by atoms with E-state index in [4.69, 9.17) is 21.1 Å². The Hall–Kier alpha value is -1.10. The average molecular weight is 244 g/mol. The maximum absolute atomic E-state index is 11.1. The zero-order chi connectivity index (χ0) is 12.2. The van der Waals surface area contributed by atoms with Gasteiger partial charge in [-0.25, -0.2) is 0 Å². The minimum absolute atomic E-state index is 0.251. The third-order valence-corrected chi connectivity index (χ3v) is 2.39. The van der Waals surface area contributed by atoms with Crippen LogP contribution in [0.5, 0.6) is 0 Å². The molecule has 5 heteroatoms. The van der Waals surface area contributed by atoms with Crippen LogP contribution in [0.15, 0.2) is 24.3 Å². The first kappa shape index (κ1) is 13.0. The number of halogens is 1. The van der Waals surface area contributed by atoms with Crippen LogP contribution < -0.4 is 5.32 Å². The first-order valence-corrected chi connectivity index (χ1v) is 5.07. The van der Waals surface area contributed by atoms with E-state index in [0.717, 1.165) is 0 Å². The lowest BCUT2D eigenvalue weighted by atomic mass is 10.1. The lowest BCUT2D eigenvalue weighted by Crippen LogP contribution is -2.48. The Balaban J connectivity index is 3.09. The third kappa shape index (κ3) is 2.72. The summed E-state index contributed by atoms with van der Waals surface area (Å²) in [5, 5.41) is 3.21. The molecule has 0 atom stereocenters. The van der Waals surface area contributed by atoms with Crippen LogP contribution in [0.4, 0.5) is 0 Å². The second kappa shape index (κ2) is 5.30. The minimum Gasteiger partial charge on any atom is -0.332 e. The molecule has 1 aromatic carbocycles. The highest BCUT2D eigenvalue weighted by Crippen LogP contribution is 2.24. The van der Waals surface area contributed by atoms with E-state index >= 15 is 0 Å². The molecule has 0 unspecified atom stereocenters. The highest BCUT2D eigenvalue weighted by molar-refractivity contribution is 6.30. The van der Waals surface area contributed by atoms with Crippen molar-refractivity contribution in [2.75, 3.05) is 14.2 Å². The Labute approximate surface area is 99.5 Å². The number of rotatable bonds is 4. The molecule has 0 aromatic heterocycles. The summed E-state index contributed by atoms with van der Waals surface area (Å²) in [5.74, 6) is -1.52. The maximum atomic E-state index is 11.1. The highest BCUT2D eigenvalue weighted by atomic mass is 35.5. The molecule has 0 fully saturated rings. The van der Waals surface area contributed by atoms with Crippen LogP contribution in [0.3, 0.4) is 0 Å². The number of hydrogen-bond donors (Lipinski definition) is 1. The Bertz CT molecular complexity index is 360. The van der Waals surface area contributed by atoms with Gasteiger partial charge in [-0.1, -0.05) is 23.7 Å². The van der Waals surface area contributed by atoms with Gasteiger partial charge in [0.05, 0.1) is 0 Å². The van der Waals surface area contributed by atoms with Crippen molar-refractivity contribution in [3.8, 4) is 0 Å². The number of amides is 1. The van der Waals surface area contributed by atoms with E-state index in [1.54, 1.807) is 24.3 Å². The fourth-order valence-electron chi connectivity index (χ4n) is 1.39. The smallest absolute Gasteiger partial charge is 0.279 e. The zero-order valence-corrected chi connectivity index (χ0v) is 10.2. The first-order chi connectivity index (χ1) is 7.54. The second-order valence-corrected chi connectivity index (χ2v) is 3.65. The largest absolute Gasteiger partial charge is 0.332 e. The second-order valence-electron chi connectivity index (χ2n) is 3.21. The van der Waals surface area contributed by atoms with Gasteiger partial charge >= 0.3 is 0 Å². The Morgan fingerprint density at radius 3 is 2.12 bits per heavy atom. The molecule has 88 valence electrons. The van der Waals surface area contributed by atoms with Crippen LogP contribution >= 0.6 is 11.6 Å². The number of carbonyl (C=O) groups excluding carboxylic acids is 1. The molecule has 1 rings (SSSR count). The molecule has 0 heterocycles. The van der Waals surface area contributed by atoms with E-state index < -0.39 is 5.91 Å². The van der Waals surface area contributed by atoms with Gasteiger partial charge < -0.3 is 14.8 Å². The lowest BCUT2D eigenvalue weighted by molar-refractivity contribution is -0.235. The summed E-state index contributed by atoms with van der Waals surface area (Å²) in [4.78, 5) is 11.1. The van der Waals surface area contributed by atoms with Crippen LogP contribution in [-0.2, 0) is 20.2 Å². The summed E-state index contributed by atoms with van der Waals surface area (Å²) < 4.78 is 10.5. The zero-order valence-electron chi connectivity index (χ0n) is 9.41. The van der Waals surface area contributed by atoms with Crippen molar-refractivity contribution in [2.45, 2.75) is 12.8 Å². The molecule has 16 heavy (non-hydrogen) atoms. The van der Waals surface area contributed by atoms with Crippen molar-refractivity contribution in [1.29, 1.82) is 0 Å². The molecule has 4 nitrogen and oxygen atoms in total. The summed E-state index contributed by atoms with van der Waals surface area (Å²) in [5.41, 5.74) is 0.664. The van der Waals surface area contributed by atoms with Crippen molar-refractivity contribution < 1.29 is 14.3 Å². The van der Waals surface area contributed by atoms with Crippen molar-refractivity contribution in [3.05, 3.63) is 34.9 Å². The normalized spacial score (nSPS) is 11.2. The third-order valence-electron chi connectivity index (χ3n) is 2.14. The molecule has 0 saturated heterocycles. The number of hydrogen-bond acceptors (Lipinski definition) is 3. The molecule has 0 radical (unpaired) electrons. The standard InChI is InChI=1S/C11H14ClNO3/c1-8(14)13-11(15-2,16-3)9-4-6-10(12)7-5-9/h4-7H,1-3H3,(H,13,14). The highest BCUT2D eigenvalue weighted by Gasteiger charge is 2.33. The predicted molar refractivity (Wildman–Crippen MR) is 61.0 cm³/mol. The van der Waals surface area contributed by atoms with Gasteiger partial charge in [0.1, 0.15) is 0 Å². The van der Waals surface area contributed by atoms with Crippen molar-refractivity contribution in [3.63, 3.8) is 0 Å². The van der Waals surface area contributed by atoms with Gasteiger partial charge in [0.25, 0.3) is 5.91 Å². The van der Waals surface area contributed by atoms with E-state index in [1.165, 1.54) is 21.1 Å². The van der Waals surface area contributed by atoms with E-state index in [9.17, 15) is 4.79 Å². The van der Waals surface area contributed by atoms with Crippen molar-refractivity contribution in [2.24, 2.45) is 0 Å². The summed E-state index contributed by atoms with van der Waals surface area (Å²) in [6.45, 7) is 1.39. The molecule has 0 aliphatic heterocycles. The predicted octanol–water partition coefficient (Wildman–Crippen LogP) is 1.88. The molecule has 0 aliphatic carbocycles. The van der Waals surface area contributed by atoms with Gasteiger partial charge in [0.15, 0.2) is 0 Å². The van der Waals surface area contributed by atoms with E-state index in [0.29, 0.717) is 10.6 Å². The summed E-state index contributed by atoms with van der Waals surface area (Å²) in [6.07, 6.45) is 0. The van der Waals surface area contributed by atoms with E-state index in [-0.39, 0.29) is 5.91 Å². The van der Waals surface area contributed by atoms with Crippen LogP contribution in [-0.4, -0.2) is 20.1 Å². The van der Waals surface area contributed by atoms with E-state index in [1.807, 2.05) is 0 Å². The maximum Gasteiger partial charge on any atom is 0.279 e. The molecule has 0 spiro atoms. The molecular weight excluding hydrogens is 230 g/mol. The van der Waals surface area contributed by atoms with E-state index in [2.05, 4.69) is 5.32 Å². The number of ether oxygens (including phenoxy) is 2. The molecule has 1 aromatic rings. The average Bonchev–Trinajstić information content (AvgIpc) is 2.27. The molecule has 0 saturated carbocycles. The molecule has 1 amide bonds. The Morgan fingerprint density at radius 2 is 1.75 bits per heavy atom. The molecule has 0 aliphatic rings. The van der Waals surface area contributed by atoms with Gasteiger partial charge in [-0.05, 0) is 12.1 Å². The molecular formula is C11H14ClNO3. The Kier molecular flexibility index (Phi) is 4.29. The first-order valence-electron chi connectivity index (χ1n) is 4.69. The van der Waals surface area contributed by atoms with Gasteiger partial charge in [-0.3, -0.25) is 4.79 Å². The van der Waals surface area contributed by atoms with Gasteiger partial charge in [0.2, 0.25) is 5.91 Å². The quantitative estimate of drug-likeness (QED) is 0.822. The number of carbonyl (C=O) groups is 1. The summed E-state index contributed by atoms with van der Waals surface area (Å²) >= 11 is 5.78.